The van der Waals surface area contributed by atoms with Crippen molar-refractivity contribution in [3.8, 4) is 5.75 Å². The Balaban J connectivity index is 2.38. The van der Waals surface area contributed by atoms with E-state index in [4.69, 9.17) is 0 Å². The first-order chi connectivity index (χ1) is 6.70. The normalized spacial score (nSPS) is 21.4. The van der Waals surface area contributed by atoms with Crippen molar-refractivity contribution in [2.45, 2.75) is 32.7 Å². The second-order valence-electron chi connectivity index (χ2n) is 4.09. The average Bonchev–Trinajstić information content (AvgIpc) is 2.67. The van der Waals surface area contributed by atoms with Gasteiger partial charge in [0.05, 0.1) is 0 Å². The zero-order valence-electron chi connectivity index (χ0n) is 8.80. The van der Waals surface area contributed by atoms with Crippen LogP contribution in [0.5, 0.6) is 5.75 Å². The Kier molecular flexibility index (Phi) is 2.46. The summed E-state index contributed by atoms with van der Waals surface area (Å²) in [6.07, 6.45) is 2.34. The van der Waals surface area contributed by atoms with Crippen LogP contribution in [0, 0.1) is 13.8 Å². The van der Waals surface area contributed by atoms with Crippen LogP contribution in [-0.4, -0.2) is 11.7 Å². The van der Waals surface area contributed by atoms with Gasteiger partial charge in [-0.2, -0.15) is 0 Å². The van der Waals surface area contributed by atoms with Crippen molar-refractivity contribution < 1.29 is 5.11 Å². The van der Waals surface area contributed by atoms with E-state index >= 15 is 0 Å². The number of hydrogen-bond acceptors (Lipinski definition) is 2. The molecule has 0 spiro atoms. The van der Waals surface area contributed by atoms with Crippen LogP contribution in [0.2, 0.25) is 0 Å². The van der Waals surface area contributed by atoms with Gasteiger partial charge in [0, 0.05) is 11.6 Å². The lowest BCUT2D eigenvalue weighted by molar-refractivity contribution is 0.452. The maximum Gasteiger partial charge on any atom is 0.123 e. The van der Waals surface area contributed by atoms with E-state index in [1.165, 1.54) is 6.42 Å². The molecule has 1 aliphatic heterocycles. The van der Waals surface area contributed by atoms with Crippen LogP contribution in [0.25, 0.3) is 0 Å². The molecule has 2 N–H and O–H groups in total. The number of aromatic hydroxyl groups is 1. The minimum Gasteiger partial charge on any atom is -0.507 e. The van der Waals surface area contributed by atoms with Crippen LogP contribution < -0.4 is 5.32 Å². The summed E-state index contributed by atoms with van der Waals surface area (Å²) in [5, 5.41) is 13.4. The van der Waals surface area contributed by atoms with Gasteiger partial charge in [-0.05, 0) is 44.4 Å². The number of hydrogen-bond donors (Lipinski definition) is 2. The van der Waals surface area contributed by atoms with Gasteiger partial charge in [0.25, 0.3) is 0 Å². The van der Waals surface area contributed by atoms with E-state index in [2.05, 4.69) is 11.4 Å². The average molecular weight is 191 g/mol. The molecule has 76 valence electrons. The zero-order valence-corrected chi connectivity index (χ0v) is 8.80. The summed E-state index contributed by atoms with van der Waals surface area (Å²) >= 11 is 0. The third kappa shape index (κ3) is 1.50. The maximum absolute atomic E-state index is 10.00. The predicted molar refractivity (Wildman–Crippen MR) is 57.6 cm³/mol. The molecule has 0 bridgehead atoms. The number of aryl methyl sites for hydroxylation is 1. The van der Waals surface area contributed by atoms with Gasteiger partial charge in [0.2, 0.25) is 0 Å². The Bertz CT molecular complexity index is 340. The summed E-state index contributed by atoms with van der Waals surface area (Å²) in [6, 6.07) is 4.49. The summed E-state index contributed by atoms with van der Waals surface area (Å²) < 4.78 is 0. The molecule has 0 aliphatic carbocycles. The Hall–Kier alpha value is -1.02. The molecular weight excluding hydrogens is 174 g/mol. The zero-order chi connectivity index (χ0) is 10.1. The monoisotopic (exact) mass is 191 g/mol. The van der Waals surface area contributed by atoms with Crippen LogP contribution in [0.4, 0.5) is 0 Å². The fraction of sp³-hybridized carbons (Fsp3) is 0.500. The molecule has 0 saturated carbocycles. The van der Waals surface area contributed by atoms with Crippen LogP contribution in [0.1, 0.15) is 35.6 Å². The van der Waals surface area contributed by atoms with E-state index in [0.29, 0.717) is 11.8 Å². The van der Waals surface area contributed by atoms with Crippen molar-refractivity contribution in [3.05, 3.63) is 28.8 Å². The fourth-order valence-electron chi connectivity index (χ4n) is 2.05. The van der Waals surface area contributed by atoms with Crippen LogP contribution in [-0.2, 0) is 0 Å². The van der Waals surface area contributed by atoms with Crippen molar-refractivity contribution in [1.82, 2.24) is 5.32 Å². The minimum absolute atomic E-state index is 0.356. The highest BCUT2D eigenvalue weighted by molar-refractivity contribution is 5.45. The van der Waals surface area contributed by atoms with Crippen molar-refractivity contribution >= 4 is 0 Å². The highest BCUT2D eigenvalue weighted by Crippen LogP contribution is 2.33. The SMILES string of the molecule is Cc1ccc([C@@H]2CCCN2)c(O)c1C. The molecule has 0 amide bonds. The topological polar surface area (TPSA) is 32.3 Å². The predicted octanol–water partition coefficient (Wildman–Crippen LogP) is 2.43. The smallest absolute Gasteiger partial charge is 0.123 e. The van der Waals surface area contributed by atoms with E-state index in [1.54, 1.807) is 0 Å². The maximum atomic E-state index is 10.00. The molecule has 14 heavy (non-hydrogen) atoms. The minimum atomic E-state index is 0.356. The quantitative estimate of drug-likeness (QED) is 0.714. The Morgan fingerprint density at radius 3 is 2.79 bits per heavy atom. The fourth-order valence-corrected chi connectivity index (χ4v) is 2.05. The van der Waals surface area contributed by atoms with Gasteiger partial charge in [0.1, 0.15) is 5.75 Å². The largest absolute Gasteiger partial charge is 0.507 e. The van der Waals surface area contributed by atoms with E-state index in [9.17, 15) is 5.11 Å². The number of benzene rings is 1. The van der Waals surface area contributed by atoms with Crippen molar-refractivity contribution in [2.24, 2.45) is 0 Å². The molecule has 0 aromatic heterocycles. The molecule has 2 rings (SSSR count). The molecular formula is C12H17NO. The van der Waals surface area contributed by atoms with Crippen molar-refractivity contribution in [3.63, 3.8) is 0 Å². The van der Waals surface area contributed by atoms with E-state index in [1.807, 2.05) is 19.9 Å². The highest BCUT2D eigenvalue weighted by Gasteiger charge is 2.20. The van der Waals surface area contributed by atoms with Gasteiger partial charge in [-0.1, -0.05) is 12.1 Å². The lowest BCUT2D eigenvalue weighted by Crippen LogP contribution is -2.13. The van der Waals surface area contributed by atoms with Gasteiger partial charge in [-0.25, -0.2) is 0 Å². The van der Waals surface area contributed by atoms with Crippen molar-refractivity contribution in [1.29, 1.82) is 0 Å². The molecule has 1 atom stereocenters. The number of phenolic OH excluding ortho intramolecular Hbond substituents is 1. The number of nitrogens with one attached hydrogen (secondary N) is 1. The first-order valence-electron chi connectivity index (χ1n) is 5.22. The standard InChI is InChI=1S/C12H17NO/c1-8-5-6-10(12(14)9(8)2)11-4-3-7-13-11/h5-6,11,13-14H,3-4,7H2,1-2H3/t11-/m0/s1. The van der Waals surface area contributed by atoms with E-state index in [0.717, 1.165) is 29.7 Å². The molecule has 1 saturated heterocycles. The molecule has 1 heterocycles. The Labute approximate surface area is 85.0 Å². The lowest BCUT2D eigenvalue weighted by Gasteiger charge is -2.15. The van der Waals surface area contributed by atoms with E-state index < -0.39 is 0 Å². The highest BCUT2D eigenvalue weighted by atomic mass is 16.3. The van der Waals surface area contributed by atoms with Crippen LogP contribution >= 0.6 is 0 Å². The van der Waals surface area contributed by atoms with Crippen molar-refractivity contribution in [2.75, 3.05) is 6.54 Å². The second kappa shape index (κ2) is 3.62. The molecule has 2 nitrogen and oxygen atoms in total. The molecule has 1 aliphatic rings. The first-order valence-corrected chi connectivity index (χ1v) is 5.22. The van der Waals surface area contributed by atoms with Gasteiger partial charge in [0.15, 0.2) is 0 Å². The summed E-state index contributed by atoms with van der Waals surface area (Å²) in [7, 11) is 0. The van der Waals surface area contributed by atoms with Gasteiger partial charge < -0.3 is 10.4 Å². The second-order valence-corrected chi connectivity index (χ2v) is 4.09. The summed E-state index contributed by atoms with van der Waals surface area (Å²) in [5.41, 5.74) is 3.23. The molecule has 0 unspecified atom stereocenters. The molecule has 2 heteroatoms. The third-order valence-electron chi connectivity index (χ3n) is 3.17. The number of phenols is 1. The first kappa shape index (κ1) is 9.53. The summed E-state index contributed by atoms with van der Waals surface area (Å²) in [5.74, 6) is 0.476. The van der Waals surface area contributed by atoms with Crippen LogP contribution in [0.3, 0.4) is 0 Å². The molecule has 1 fully saturated rings. The third-order valence-corrected chi connectivity index (χ3v) is 3.17. The number of rotatable bonds is 1. The summed E-state index contributed by atoms with van der Waals surface area (Å²) in [4.78, 5) is 0. The van der Waals surface area contributed by atoms with Gasteiger partial charge in [-0.15, -0.1) is 0 Å². The lowest BCUT2D eigenvalue weighted by atomic mass is 9.98. The van der Waals surface area contributed by atoms with Gasteiger partial charge >= 0.3 is 0 Å². The molecule has 1 aromatic rings. The molecule has 1 aromatic carbocycles. The van der Waals surface area contributed by atoms with Crippen LogP contribution in [0.15, 0.2) is 12.1 Å². The molecule has 0 radical (unpaired) electrons. The van der Waals surface area contributed by atoms with Gasteiger partial charge in [-0.3, -0.25) is 0 Å². The van der Waals surface area contributed by atoms with E-state index in [-0.39, 0.29) is 0 Å². The summed E-state index contributed by atoms with van der Waals surface area (Å²) in [6.45, 7) is 5.07. The Morgan fingerprint density at radius 1 is 1.36 bits per heavy atom. The Morgan fingerprint density at radius 2 is 2.14 bits per heavy atom.